The highest BCUT2D eigenvalue weighted by Crippen LogP contribution is 2.11. The Morgan fingerprint density at radius 3 is 2.79 bits per heavy atom. The molecule has 1 heterocycles. The number of anilines is 1. The van der Waals surface area contributed by atoms with Crippen molar-refractivity contribution in [1.82, 2.24) is 4.98 Å². The van der Waals surface area contributed by atoms with Gasteiger partial charge in [-0.1, -0.05) is 0 Å². The van der Waals surface area contributed by atoms with Crippen molar-refractivity contribution in [3.63, 3.8) is 0 Å². The molecule has 1 unspecified atom stereocenters. The lowest BCUT2D eigenvalue weighted by Gasteiger charge is -2.01. The third-order valence-corrected chi connectivity index (χ3v) is 1.78. The highest BCUT2D eigenvalue weighted by molar-refractivity contribution is 7.77. The van der Waals surface area contributed by atoms with Crippen molar-refractivity contribution >= 4 is 23.2 Å². The van der Waals surface area contributed by atoms with Crippen LogP contribution in [0, 0.1) is 13.8 Å². The highest BCUT2D eigenvalue weighted by atomic mass is 32.2. The smallest absolute Gasteiger partial charge is 0.301 e. The van der Waals surface area contributed by atoms with Gasteiger partial charge in [-0.2, -0.15) is 9.38 Å². The average molecular weight is 217 g/mol. The van der Waals surface area contributed by atoms with Gasteiger partial charge in [0, 0.05) is 0 Å². The molecule has 8 heteroatoms. The first-order valence-corrected chi connectivity index (χ1v) is 4.67. The molecule has 0 radical (unpaired) electrons. The van der Waals surface area contributed by atoms with Crippen LogP contribution in [0.2, 0.25) is 0 Å². The first kappa shape index (κ1) is 10.7. The quantitative estimate of drug-likeness (QED) is 0.403. The second-order valence-corrected chi connectivity index (χ2v) is 3.10. The molecule has 3 N–H and O–H groups in total. The van der Waals surface area contributed by atoms with Crippen LogP contribution in [0.25, 0.3) is 0 Å². The molecule has 0 spiro atoms. The number of oxazole rings is 1. The molecule has 0 aromatic carbocycles. The first-order valence-electron chi connectivity index (χ1n) is 3.63. The summed E-state index contributed by atoms with van der Waals surface area (Å²) in [5, 5.41) is 2.39. The number of hydrogen-bond acceptors (Lipinski definition) is 4. The Labute approximate surface area is 82.8 Å². The van der Waals surface area contributed by atoms with E-state index >= 15 is 0 Å². The predicted molar refractivity (Wildman–Crippen MR) is 50.1 cm³/mol. The van der Waals surface area contributed by atoms with Crippen molar-refractivity contribution in [2.24, 2.45) is 10.1 Å². The van der Waals surface area contributed by atoms with E-state index in [0.717, 1.165) is 0 Å². The van der Waals surface area contributed by atoms with Crippen LogP contribution in [-0.2, 0) is 11.3 Å². The van der Waals surface area contributed by atoms with Gasteiger partial charge in [0.25, 0.3) is 0 Å². The van der Waals surface area contributed by atoms with Crippen LogP contribution in [0.3, 0.4) is 0 Å². The van der Waals surface area contributed by atoms with Gasteiger partial charge in [0.15, 0.2) is 0 Å². The van der Waals surface area contributed by atoms with Crippen molar-refractivity contribution in [2.45, 2.75) is 13.8 Å². The van der Waals surface area contributed by atoms with Gasteiger partial charge in [0.2, 0.25) is 5.96 Å². The van der Waals surface area contributed by atoms with Crippen molar-refractivity contribution in [3.05, 3.63) is 11.5 Å². The fourth-order valence-corrected chi connectivity index (χ4v) is 0.945. The maximum absolute atomic E-state index is 10.1. The minimum absolute atomic E-state index is 0.117. The molecule has 1 atom stereocenters. The van der Waals surface area contributed by atoms with E-state index < -0.39 is 11.3 Å². The molecule has 7 nitrogen and oxygen atoms in total. The van der Waals surface area contributed by atoms with E-state index in [0.29, 0.717) is 11.5 Å². The maximum Gasteiger partial charge on any atom is 0.301 e. The molecular formula is C6H9N4O3S-. The van der Waals surface area contributed by atoms with Crippen molar-refractivity contribution in [2.75, 3.05) is 5.32 Å². The molecular weight excluding hydrogens is 208 g/mol. The van der Waals surface area contributed by atoms with Crippen LogP contribution in [-0.4, -0.2) is 19.7 Å². The Balaban J connectivity index is 2.74. The van der Waals surface area contributed by atoms with Crippen LogP contribution in [0.4, 0.5) is 6.01 Å². The van der Waals surface area contributed by atoms with Crippen LogP contribution in [0.5, 0.6) is 0 Å². The number of aromatic nitrogens is 1. The minimum atomic E-state index is -2.59. The van der Waals surface area contributed by atoms with Gasteiger partial charge in [0.1, 0.15) is 5.76 Å². The molecule has 0 fully saturated rings. The summed E-state index contributed by atoms with van der Waals surface area (Å²) < 4.78 is 28.3. The fourth-order valence-electron chi connectivity index (χ4n) is 0.739. The second-order valence-electron chi connectivity index (χ2n) is 2.48. The Kier molecular flexibility index (Phi) is 3.20. The molecule has 0 saturated heterocycles. The van der Waals surface area contributed by atoms with Crippen molar-refractivity contribution < 1.29 is 13.2 Å². The highest BCUT2D eigenvalue weighted by Gasteiger charge is 2.05. The molecule has 78 valence electrons. The minimum Gasteiger partial charge on any atom is -0.754 e. The van der Waals surface area contributed by atoms with Gasteiger partial charge in [-0.05, 0) is 13.8 Å². The van der Waals surface area contributed by atoms with E-state index in [4.69, 9.17) is 10.2 Å². The number of nitrogens with zero attached hydrogens (tertiary/aromatic N) is 2. The topological polar surface area (TPSA) is 117 Å². The predicted octanol–water partition coefficient (Wildman–Crippen LogP) is -0.188. The van der Waals surface area contributed by atoms with Gasteiger partial charge in [-0.3, -0.25) is 5.32 Å². The van der Waals surface area contributed by atoms with Crippen molar-refractivity contribution in [3.8, 4) is 0 Å². The molecule has 1 aromatic heterocycles. The third kappa shape index (κ3) is 2.82. The lowest BCUT2D eigenvalue weighted by Crippen LogP contribution is -2.23. The molecule has 0 aliphatic heterocycles. The van der Waals surface area contributed by atoms with E-state index in [1.165, 1.54) is 0 Å². The summed E-state index contributed by atoms with van der Waals surface area (Å²) in [6.45, 7) is 3.48. The zero-order valence-electron chi connectivity index (χ0n) is 7.60. The third-order valence-electron chi connectivity index (χ3n) is 1.44. The van der Waals surface area contributed by atoms with Crippen molar-refractivity contribution in [1.29, 1.82) is 0 Å². The zero-order valence-corrected chi connectivity index (χ0v) is 8.42. The molecule has 1 aromatic rings. The number of hydrogen-bond donors (Lipinski definition) is 2. The summed E-state index contributed by atoms with van der Waals surface area (Å²) >= 11 is -2.59. The number of nitrogens with two attached hydrogens (primary N) is 1. The molecule has 0 bridgehead atoms. The standard InChI is InChI=1S/C6H10N4O3S/c1-3-4(2)13-6(8-3)9-5(7)10-14(11)12/h1-2H3,(H,11,12)(H3,7,8,9,10)/p-1. The Hall–Kier alpha value is -1.41. The van der Waals surface area contributed by atoms with Gasteiger partial charge in [-0.15, -0.1) is 0 Å². The SMILES string of the molecule is Cc1nc(NC(N)=NS(=O)[O-])oc1C. The lowest BCUT2D eigenvalue weighted by atomic mass is 10.4. The Morgan fingerprint density at radius 2 is 2.36 bits per heavy atom. The van der Waals surface area contributed by atoms with E-state index in [-0.39, 0.29) is 12.0 Å². The summed E-state index contributed by atoms with van der Waals surface area (Å²) in [5.41, 5.74) is 5.91. The van der Waals surface area contributed by atoms with Crippen LogP contribution >= 0.6 is 0 Å². The Morgan fingerprint density at radius 1 is 1.71 bits per heavy atom. The van der Waals surface area contributed by atoms with E-state index in [2.05, 4.69) is 14.7 Å². The van der Waals surface area contributed by atoms with Gasteiger partial charge in [-0.25, -0.2) is 4.21 Å². The van der Waals surface area contributed by atoms with Crippen LogP contribution in [0.1, 0.15) is 11.5 Å². The lowest BCUT2D eigenvalue weighted by molar-refractivity contribution is 0.538. The monoisotopic (exact) mass is 217 g/mol. The van der Waals surface area contributed by atoms with Gasteiger partial charge < -0.3 is 14.7 Å². The summed E-state index contributed by atoms with van der Waals surface area (Å²) in [6, 6.07) is 0.117. The maximum atomic E-state index is 10.1. The molecule has 0 aliphatic rings. The summed E-state index contributed by atoms with van der Waals surface area (Å²) in [4.78, 5) is 3.92. The van der Waals surface area contributed by atoms with Gasteiger partial charge in [0.05, 0.1) is 17.0 Å². The largest absolute Gasteiger partial charge is 0.754 e. The number of nitrogens with one attached hydrogen (secondary N) is 1. The molecule has 0 saturated carbocycles. The van der Waals surface area contributed by atoms with E-state index in [1.54, 1.807) is 13.8 Å². The average Bonchev–Trinajstić information content (AvgIpc) is 2.28. The summed E-state index contributed by atoms with van der Waals surface area (Å²) in [6.07, 6.45) is 0. The van der Waals surface area contributed by atoms with Crippen LogP contribution in [0.15, 0.2) is 8.81 Å². The number of aryl methyl sites for hydroxylation is 2. The van der Waals surface area contributed by atoms with E-state index in [9.17, 15) is 8.76 Å². The molecule has 0 amide bonds. The van der Waals surface area contributed by atoms with E-state index in [1.807, 2.05) is 0 Å². The second kappa shape index (κ2) is 4.20. The number of rotatable bonds is 2. The Bertz CT molecular complexity index is 367. The molecule has 1 rings (SSSR count). The summed E-state index contributed by atoms with van der Waals surface area (Å²) in [7, 11) is 0. The molecule has 14 heavy (non-hydrogen) atoms. The fraction of sp³-hybridized carbons (Fsp3) is 0.333. The number of guanidine groups is 1. The summed E-state index contributed by atoms with van der Waals surface area (Å²) in [5.74, 6) is 0.336. The zero-order chi connectivity index (χ0) is 10.7. The van der Waals surface area contributed by atoms with Crippen LogP contribution < -0.4 is 11.1 Å². The normalized spacial score (nSPS) is 14.1. The van der Waals surface area contributed by atoms with Gasteiger partial charge >= 0.3 is 6.01 Å². The molecule has 0 aliphatic carbocycles. The first-order chi connectivity index (χ1) is 6.49.